The van der Waals surface area contributed by atoms with Gasteiger partial charge in [0.2, 0.25) is 5.95 Å². The molecule has 0 aliphatic heterocycles. The fourth-order valence-corrected chi connectivity index (χ4v) is 1.78. The van der Waals surface area contributed by atoms with Crippen LogP contribution in [0.1, 0.15) is 20.3 Å². The third-order valence-corrected chi connectivity index (χ3v) is 2.70. The van der Waals surface area contributed by atoms with Crippen molar-refractivity contribution in [2.75, 3.05) is 17.2 Å². The molecule has 0 fully saturated rings. The van der Waals surface area contributed by atoms with Gasteiger partial charge in [-0.2, -0.15) is 4.98 Å². The Bertz CT molecular complexity index is 528. The fraction of sp³-hybridized carbons (Fsp3) is 0.462. The average Bonchev–Trinajstić information content (AvgIpc) is 2.92. The van der Waals surface area contributed by atoms with Crippen LogP contribution in [-0.4, -0.2) is 32.1 Å². The molecule has 2 aromatic heterocycles. The highest BCUT2D eigenvalue weighted by Crippen LogP contribution is 2.13. The van der Waals surface area contributed by atoms with E-state index in [1.165, 1.54) is 6.20 Å². The fourth-order valence-electron chi connectivity index (χ4n) is 1.78. The average molecular weight is 278 g/mol. The zero-order chi connectivity index (χ0) is 14.4. The largest absolute Gasteiger partial charge is 0.363 e. The summed E-state index contributed by atoms with van der Waals surface area (Å²) < 4.78 is 15.6. The molecular weight excluding hydrogens is 259 g/mol. The van der Waals surface area contributed by atoms with Gasteiger partial charge in [0.1, 0.15) is 0 Å². The molecule has 0 bridgehead atoms. The predicted molar refractivity (Wildman–Crippen MR) is 76.1 cm³/mol. The number of aromatic nitrogens is 4. The van der Waals surface area contributed by atoms with Crippen LogP contribution in [-0.2, 0) is 6.54 Å². The van der Waals surface area contributed by atoms with Crippen molar-refractivity contribution in [2.45, 2.75) is 32.9 Å². The summed E-state index contributed by atoms with van der Waals surface area (Å²) in [7, 11) is 0. The van der Waals surface area contributed by atoms with Gasteiger partial charge in [0.05, 0.1) is 12.5 Å². The minimum absolute atomic E-state index is 0.0209. The van der Waals surface area contributed by atoms with Gasteiger partial charge >= 0.3 is 0 Å². The van der Waals surface area contributed by atoms with Crippen molar-refractivity contribution in [3.8, 4) is 0 Å². The molecule has 1 atom stereocenters. The van der Waals surface area contributed by atoms with Gasteiger partial charge in [0, 0.05) is 31.5 Å². The first-order valence-corrected chi connectivity index (χ1v) is 6.67. The third-order valence-electron chi connectivity index (χ3n) is 2.70. The van der Waals surface area contributed by atoms with Gasteiger partial charge < -0.3 is 15.2 Å². The second-order valence-electron chi connectivity index (χ2n) is 4.62. The number of anilines is 2. The van der Waals surface area contributed by atoms with Crippen LogP contribution in [0.4, 0.5) is 16.2 Å². The number of halogens is 1. The highest BCUT2D eigenvalue weighted by molar-refractivity contribution is 5.41. The van der Waals surface area contributed by atoms with E-state index in [1.54, 1.807) is 12.5 Å². The van der Waals surface area contributed by atoms with Gasteiger partial charge in [0.15, 0.2) is 11.6 Å². The van der Waals surface area contributed by atoms with E-state index in [-0.39, 0.29) is 11.9 Å². The van der Waals surface area contributed by atoms with Crippen LogP contribution in [0.2, 0.25) is 0 Å². The minimum Gasteiger partial charge on any atom is -0.363 e. The summed E-state index contributed by atoms with van der Waals surface area (Å²) in [5.41, 5.74) is 0. The lowest BCUT2D eigenvalue weighted by Crippen LogP contribution is -2.23. The summed E-state index contributed by atoms with van der Waals surface area (Å²) >= 11 is 0. The molecule has 0 saturated heterocycles. The van der Waals surface area contributed by atoms with Crippen LogP contribution in [0, 0.1) is 5.82 Å². The van der Waals surface area contributed by atoms with E-state index < -0.39 is 5.82 Å². The van der Waals surface area contributed by atoms with E-state index in [0.717, 1.165) is 13.0 Å². The molecule has 0 aliphatic rings. The van der Waals surface area contributed by atoms with Crippen molar-refractivity contribution in [2.24, 2.45) is 0 Å². The van der Waals surface area contributed by atoms with Gasteiger partial charge in [-0.15, -0.1) is 0 Å². The summed E-state index contributed by atoms with van der Waals surface area (Å²) in [6.45, 7) is 5.44. The molecule has 0 saturated carbocycles. The van der Waals surface area contributed by atoms with Crippen molar-refractivity contribution in [3.63, 3.8) is 0 Å². The zero-order valence-corrected chi connectivity index (χ0v) is 11.7. The molecule has 7 heteroatoms. The number of imidazole rings is 1. The first-order valence-electron chi connectivity index (χ1n) is 6.67. The van der Waals surface area contributed by atoms with Crippen LogP contribution in [0.15, 0.2) is 24.9 Å². The summed E-state index contributed by atoms with van der Waals surface area (Å²) in [6, 6.07) is 0.0209. The van der Waals surface area contributed by atoms with E-state index >= 15 is 0 Å². The molecular formula is C13H19FN6. The molecule has 2 rings (SSSR count). The first kappa shape index (κ1) is 14.2. The Labute approximate surface area is 117 Å². The highest BCUT2D eigenvalue weighted by atomic mass is 19.1. The van der Waals surface area contributed by atoms with Gasteiger partial charge in [-0.3, -0.25) is 0 Å². The second kappa shape index (κ2) is 6.83. The smallest absolute Gasteiger partial charge is 0.224 e. The summed E-state index contributed by atoms with van der Waals surface area (Å²) in [4.78, 5) is 12.0. The van der Waals surface area contributed by atoms with Gasteiger partial charge in [-0.1, -0.05) is 6.92 Å². The molecule has 0 spiro atoms. The molecule has 0 radical (unpaired) electrons. The Balaban J connectivity index is 2.00. The summed E-state index contributed by atoms with van der Waals surface area (Å²) in [5, 5.41) is 6.09. The van der Waals surface area contributed by atoms with Crippen LogP contribution >= 0.6 is 0 Å². The number of hydrogen-bond donors (Lipinski definition) is 2. The molecule has 0 amide bonds. The number of rotatable bonds is 7. The number of nitrogens with one attached hydrogen (secondary N) is 2. The van der Waals surface area contributed by atoms with Crippen molar-refractivity contribution >= 4 is 11.8 Å². The van der Waals surface area contributed by atoms with Crippen LogP contribution in [0.5, 0.6) is 0 Å². The molecule has 2 aromatic rings. The van der Waals surface area contributed by atoms with E-state index in [4.69, 9.17) is 0 Å². The predicted octanol–water partition coefficient (Wildman–Crippen LogP) is 2.13. The van der Waals surface area contributed by atoms with Crippen LogP contribution < -0.4 is 10.6 Å². The highest BCUT2D eigenvalue weighted by Gasteiger charge is 2.10. The van der Waals surface area contributed by atoms with E-state index in [2.05, 4.69) is 25.6 Å². The van der Waals surface area contributed by atoms with Gasteiger partial charge in [0.25, 0.3) is 0 Å². The Kier molecular flexibility index (Phi) is 4.86. The van der Waals surface area contributed by atoms with Crippen LogP contribution in [0.25, 0.3) is 0 Å². The SMILES string of the molecule is CCCNc1ncc(F)c(NC(C)Cn2ccnc2)n1. The summed E-state index contributed by atoms with van der Waals surface area (Å²) in [5.74, 6) is 0.196. The topological polar surface area (TPSA) is 67.7 Å². The molecule has 20 heavy (non-hydrogen) atoms. The lowest BCUT2D eigenvalue weighted by molar-refractivity contribution is 0.590. The standard InChI is InChI=1S/C13H19FN6/c1-3-4-16-13-17-7-11(14)12(19-13)18-10(2)8-20-6-5-15-9-20/h5-7,9-10H,3-4,8H2,1-2H3,(H2,16,17,18,19). The molecule has 108 valence electrons. The lowest BCUT2D eigenvalue weighted by atomic mass is 10.3. The molecule has 0 aromatic carbocycles. The minimum atomic E-state index is -0.454. The van der Waals surface area contributed by atoms with Gasteiger partial charge in [-0.25, -0.2) is 14.4 Å². The van der Waals surface area contributed by atoms with Crippen molar-refractivity contribution in [1.29, 1.82) is 0 Å². The molecule has 1 unspecified atom stereocenters. The van der Waals surface area contributed by atoms with Crippen LogP contribution in [0.3, 0.4) is 0 Å². The second-order valence-corrected chi connectivity index (χ2v) is 4.62. The maximum Gasteiger partial charge on any atom is 0.224 e. The Hall–Kier alpha value is -2.18. The lowest BCUT2D eigenvalue weighted by Gasteiger charge is -2.16. The normalized spacial score (nSPS) is 12.2. The van der Waals surface area contributed by atoms with E-state index in [0.29, 0.717) is 12.5 Å². The zero-order valence-electron chi connectivity index (χ0n) is 11.7. The van der Waals surface area contributed by atoms with Crippen molar-refractivity contribution < 1.29 is 4.39 Å². The molecule has 2 N–H and O–H groups in total. The monoisotopic (exact) mass is 278 g/mol. The Morgan fingerprint density at radius 2 is 2.30 bits per heavy atom. The van der Waals surface area contributed by atoms with Gasteiger partial charge in [-0.05, 0) is 13.3 Å². The Morgan fingerprint density at radius 3 is 3.00 bits per heavy atom. The summed E-state index contributed by atoms with van der Waals surface area (Å²) in [6.07, 6.45) is 7.44. The molecule has 0 aliphatic carbocycles. The quantitative estimate of drug-likeness (QED) is 0.812. The van der Waals surface area contributed by atoms with E-state index in [9.17, 15) is 4.39 Å². The van der Waals surface area contributed by atoms with Crippen molar-refractivity contribution in [1.82, 2.24) is 19.5 Å². The number of nitrogens with zero attached hydrogens (tertiary/aromatic N) is 4. The molecule has 6 nitrogen and oxygen atoms in total. The van der Waals surface area contributed by atoms with E-state index in [1.807, 2.05) is 24.6 Å². The maximum absolute atomic E-state index is 13.7. The number of hydrogen-bond acceptors (Lipinski definition) is 5. The third kappa shape index (κ3) is 3.91. The molecule has 2 heterocycles. The van der Waals surface area contributed by atoms with Crippen molar-refractivity contribution in [3.05, 3.63) is 30.7 Å². The Morgan fingerprint density at radius 1 is 1.45 bits per heavy atom. The first-order chi connectivity index (χ1) is 9.69. The maximum atomic E-state index is 13.7.